The molecule has 1 amide bonds. The maximum absolute atomic E-state index is 12.9. The Morgan fingerprint density at radius 1 is 1.00 bits per heavy atom. The standard InChI is InChI=1S/C16H14F3NO/c1-10-7-8-12(9-11(10)2)20-15(21)13-5-3-4-6-14(13)16(17,18)19/h3-9H,1-2H3,(H,20,21). The van der Waals surface area contributed by atoms with E-state index in [-0.39, 0.29) is 5.56 Å². The van der Waals surface area contributed by atoms with Crippen LogP contribution in [0.1, 0.15) is 27.0 Å². The van der Waals surface area contributed by atoms with Crippen LogP contribution in [0.2, 0.25) is 0 Å². The summed E-state index contributed by atoms with van der Waals surface area (Å²) >= 11 is 0. The summed E-state index contributed by atoms with van der Waals surface area (Å²) in [7, 11) is 0. The Hall–Kier alpha value is -2.30. The summed E-state index contributed by atoms with van der Waals surface area (Å²) in [6.07, 6.45) is -4.56. The van der Waals surface area contributed by atoms with Crippen molar-refractivity contribution in [1.82, 2.24) is 0 Å². The summed E-state index contributed by atoms with van der Waals surface area (Å²) in [5.74, 6) is -0.772. The maximum Gasteiger partial charge on any atom is 0.417 e. The highest BCUT2D eigenvalue weighted by Crippen LogP contribution is 2.32. The van der Waals surface area contributed by atoms with Gasteiger partial charge in [0.15, 0.2) is 0 Å². The summed E-state index contributed by atoms with van der Waals surface area (Å²) in [5.41, 5.74) is 1.15. The lowest BCUT2D eigenvalue weighted by molar-refractivity contribution is -0.137. The molecule has 0 heterocycles. The van der Waals surface area contributed by atoms with E-state index in [1.54, 1.807) is 18.2 Å². The van der Waals surface area contributed by atoms with Gasteiger partial charge in [-0.05, 0) is 49.2 Å². The molecule has 0 saturated carbocycles. The van der Waals surface area contributed by atoms with Gasteiger partial charge in [0.25, 0.3) is 5.91 Å². The first-order valence-electron chi connectivity index (χ1n) is 6.34. The van der Waals surface area contributed by atoms with Gasteiger partial charge in [0.2, 0.25) is 0 Å². The quantitative estimate of drug-likeness (QED) is 0.863. The highest BCUT2D eigenvalue weighted by molar-refractivity contribution is 6.05. The van der Waals surface area contributed by atoms with E-state index in [9.17, 15) is 18.0 Å². The van der Waals surface area contributed by atoms with E-state index in [1.165, 1.54) is 18.2 Å². The third-order valence-electron chi connectivity index (χ3n) is 3.24. The summed E-state index contributed by atoms with van der Waals surface area (Å²) in [6.45, 7) is 3.79. The molecule has 0 atom stereocenters. The van der Waals surface area contributed by atoms with Gasteiger partial charge < -0.3 is 5.32 Å². The number of aryl methyl sites for hydroxylation is 2. The maximum atomic E-state index is 12.9. The fraction of sp³-hybridized carbons (Fsp3) is 0.188. The van der Waals surface area contributed by atoms with Crippen molar-refractivity contribution in [1.29, 1.82) is 0 Å². The molecule has 2 aromatic carbocycles. The van der Waals surface area contributed by atoms with Crippen LogP contribution in [0.25, 0.3) is 0 Å². The average Bonchev–Trinajstić information content (AvgIpc) is 2.42. The molecule has 5 heteroatoms. The molecule has 110 valence electrons. The SMILES string of the molecule is Cc1ccc(NC(=O)c2ccccc2C(F)(F)F)cc1C. The summed E-state index contributed by atoms with van der Waals surface area (Å²) < 4.78 is 38.7. The minimum Gasteiger partial charge on any atom is -0.322 e. The second-order valence-electron chi connectivity index (χ2n) is 4.80. The van der Waals surface area contributed by atoms with Crippen molar-refractivity contribution in [2.75, 3.05) is 5.32 Å². The van der Waals surface area contributed by atoms with Crippen LogP contribution in [-0.2, 0) is 6.18 Å². The number of carbonyl (C=O) groups excluding carboxylic acids is 1. The van der Waals surface area contributed by atoms with E-state index in [2.05, 4.69) is 5.32 Å². The van der Waals surface area contributed by atoms with Crippen molar-refractivity contribution < 1.29 is 18.0 Å². The number of alkyl halides is 3. The van der Waals surface area contributed by atoms with E-state index >= 15 is 0 Å². The molecule has 2 aromatic rings. The normalized spacial score (nSPS) is 11.3. The van der Waals surface area contributed by atoms with Crippen LogP contribution < -0.4 is 5.32 Å². The largest absolute Gasteiger partial charge is 0.417 e. The van der Waals surface area contributed by atoms with Gasteiger partial charge in [-0.15, -0.1) is 0 Å². The predicted octanol–water partition coefficient (Wildman–Crippen LogP) is 4.57. The van der Waals surface area contributed by atoms with Crippen LogP contribution in [0.4, 0.5) is 18.9 Å². The van der Waals surface area contributed by atoms with Crippen LogP contribution in [0.15, 0.2) is 42.5 Å². The Morgan fingerprint density at radius 3 is 2.29 bits per heavy atom. The van der Waals surface area contributed by atoms with Gasteiger partial charge in [-0.1, -0.05) is 18.2 Å². The highest BCUT2D eigenvalue weighted by atomic mass is 19.4. The molecule has 0 unspecified atom stereocenters. The molecule has 0 saturated heterocycles. The van der Waals surface area contributed by atoms with Crippen molar-refractivity contribution in [2.24, 2.45) is 0 Å². The molecule has 2 nitrogen and oxygen atoms in total. The van der Waals surface area contributed by atoms with Crippen LogP contribution in [0.5, 0.6) is 0 Å². The molecule has 0 aliphatic carbocycles. The molecule has 0 aromatic heterocycles. The Bertz CT molecular complexity index is 677. The smallest absolute Gasteiger partial charge is 0.322 e. The number of hydrogen-bond acceptors (Lipinski definition) is 1. The summed E-state index contributed by atoms with van der Waals surface area (Å²) in [6, 6.07) is 9.93. The van der Waals surface area contributed by atoms with E-state index < -0.39 is 17.6 Å². The molecule has 0 radical (unpaired) electrons. The molecule has 0 fully saturated rings. The number of halogens is 3. The fourth-order valence-corrected chi connectivity index (χ4v) is 1.95. The van der Waals surface area contributed by atoms with Gasteiger partial charge >= 0.3 is 6.18 Å². The Morgan fingerprint density at radius 2 is 1.67 bits per heavy atom. The molecule has 0 bridgehead atoms. The Balaban J connectivity index is 2.31. The van der Waals surface area contributed by atoms with Gasteiger partial charge in [-0.25, -0.2) is 0 Å². The molecular formula is C16H14F3NO. The van der Waals surface area contributed by atoms with Gasteiger partial charge in [0.1, 0.15) is 0 Å². The average molecular weight is 293 g/mol. The first-order chi connectivity index (χ1) is 9.79. The summed E-state index contributed by atoms with van der Waals surface area (Å²) in [5, 5.41) is 2.50. The van der Waals surface area contributed by atoms with Crippen molar-refractivity contribution in [3.63, 3.8) is 0 Å². The summed E-state index contributed by atoms with van der Waals surface area (Å²) in [4.78, 5) is 12.1. The molecular weight excluding hydrogens is 279 g/mol. The lowest BCUT2D eigenvalue weighted by Crippen LogP contribution is -2.18. The second-order valence-corrected chi connectivity index (χ2v) is 4.80. The third-order valence-corrected chi connectivity index (χ3v) is 3.24. The van der Waals surface area contributed by atoms with Crippen molar-refractivity contribution in [3.05, 3.63) is 64.7 Å². The van der Waals surface area contributed by atoms with Crippen LogP contribution in [-0.4, -0.2) is 5.91 Å². The number of nitrogens with one attached hydrogen (secondary N) is 1. The first-order valence-corrected chi connectivity index (χ1v) is 6.34. The molecule has 0 aliphatic rings. The minimum atomic E-state index is -4.56. The van der Waals surface area contributed by atoms with Crippen LogP contribution in [0.3, 0.4) is 0 Å². The van der Waals surface area contributed by atoms with Crippen molar-refractivity contribution in [3.8, 4) is 0 Å². The number of benzene rings is 2. The topological polar surface area (TPSA) is 29.1 Å². The monoisotopic (exact) mass is 293 g/mol. The zero-order valence-electron chi connectivity index (χ0n) is 11.6. The Kier molecular flexibility index (Phi) is 4.02. The number of hydrogen-bond donors (Lipinski definition) is 1. The van der Waals surface area contributed by atoms with E-state index in [4.69, 9.17) is 0 Å². The first kappa shape index (κ1) is 15.1. The molecule has 21 heavy (non-hydrogen) atoms. The molecule has 0 spiro atoms. The zero-order chi connectivity index (χ0) is 15.6. The number of rotatable bonds is 2. The third kappa shape index (κ3) is 3.42. The lowest BCUT2D eigenvalue weighted by Gasteiger charge is -2.13. The van der Waals surface area contributed by atoms with Crippen molar-refractivity contribution >= 4 is 11.6 Å². The fourth-order valence-electron chi connectivity index (χ4n) is 1.95. The van der Waals surface area contributed by atoms with Gasteiger partial charge in [-0.2, -0.15) is 13.2 Å². The van der Waals surface area contributed by atoms with Crippen molar-refractivity contribution in [2.45, 2.75) is 20.0 Å². The van der Waals surface area contributed by atoms with E-state index in [1.807, 2.05) is 13.8 Å². The number of carbonyl (C=O) groups is 1. The molecule has 0 aliphatic heterocycles. The molecule has 1 N–H and O–H groups in total. The van der Waals surface area contributed by atoms with E-state index in [0.717, 1.165) is 17.2 Å². The van der Waals surface area contributed by atoms with Gasteiger partial charge in [0.05, 0.1) is 11.1 Å². The zero-order valence-corrected chi connectivity index (χ0v) is 11.6. The Labute approximate surface area is 120 Å². The highest BCUT2D eigenvalue weighted by Gasteiger charge is 2.34. The van der Waals surface area contributed by atoms with Gasteiger partial charge in [0, 0.05) is 5.69 Å². The van der Waals surface area contributed by atoms with Crippen LogP contribution in [0, 0.1) is 13.8 Å². The number of anilines is 1. The van der Waals surface area contributed by atoms with E-state index in [0.29, 0.717) is 5.69 Å². The van der Waals surface area contributed by atoms with Gasteiger partial charge in [-0.3, -0.25) is 4.79 Å². The molecule has 2 rings (SSSR count). The van der Waals surface area contributed by atoms with Crippen LogP contribution >= 0.6 is 0 Å². The number of amides is 1. The predicted molar refractivity (Wildman–Crippen MR) is 75.3 cm³/mol. The lowest BCUT2D eigenvalue weighted by atomic mass is 10.1. The minimum absolute atomic E-state index is 0.386. The second kappa shape index (κ2) is 5.60.